The second-order valence-electron chi connectivity index (χ2n) is 3.04. The quantitative estimate of drug-likeness (QED) is 0.476. The Hall–Kier alpha value is -1.40. The topological polar surface area (TPSA) is 75.4 Å². The van der Waals surface area contributed by atoms with Crippen LogP contribution in [-0.4, -0.2) is 23.2 Å². The zero-order valence-electron chi connectivity index (χ0n) is 8.24. The molecule has 0 aliphatic heterocycles. The second-order valence-corrected chi connectivity index (χ2v) is 3.45. The fourth-order valence-electron chi connectivity index (χ4n) is 1.13. The molecule has 0 aliphatic carbocycles. The maximum Gasteiger partial charge on any atom is 0.294 e. The molecule has 0 radical (unpaired) electrons. The molecule has 0 fully saturated rings. The van der Waals surface area contributed by atoms with Gasteiger partial charge >= 0.3 is 0 Å². The van der Waals surface area contributed by atoms with Gasteiger partial charge in [-0.1, -0.05) is 11.6 Å². The minimum atomic E-state index is -0.723. The van der Waals surface area contributed by atoms with Gasteiger partial charge in [0.1, 0.15) is 11.5 Å². The zero-order valence-corrected chi connectivity index (χ0v) is 9.00. The molecule has 1 rings (SSSR count). The molecule has 0 aromatic heterocycles. The molecule has 88 valence electrons. The highest BCUT2D eigenvalue weighted by atomic mass is 35.5. The summed E-state index contributed by atoms with van der Waals surface area (Å²) in [7, 11) is 0. The van der Waals surface area contributed by atoms with Crippen LogP contribution >= 0.6 is 11.6 Å². The average Bonchev–Trinajstić information content (AvgIpc) is 2.23. The Kier molecular flexibility index (Phi) is 4.45. The van der Waals surface area contributed by atoms with Gasteiger partial charge in [-0.05, 0) is 6.42 Å². The monoisotopic (exact) mass is 248 g/mol. The van der Waals surface area contributed by atoms with Crippen LogP contribution in [0, 0.1) is 15.9 Å². The van der Waals surface area contributed by atoms with E-state index in [0.717, 1.165) is 12.1 Å². The van der Waals surface area contributed by atoms with Crippen LogP contribution in [-0.2, 0) is 0 Å². The summed E-state index contributed by atoms with van der Waals surface area (Å²) in [5, 5.41) is 21.6. The molecule has 7 heteroatoms. The molecule has 1 aromatic rings. The van der Waals surface area contributed by atoms with E-state index in [9.17, 15) is 14.5 Å². The molecule has 16 heavy (non-hydrogen) atoms. The van der Waals surface area contributed by atoms with Crippen LogP contribution in [0.3, 0.4) is 0 Å². The number of rotatable bonds is 5. The molecular formula is C9H10ClFN2O3. The van der Waals surface area contributed by atoms with Crippen molar-refractivity contribution in [3.63, 3.8) is 0 Å². The van der Waals surface area contributed by atoms with Crippen molar-refractivity contribution in [3.05, 3.63) is 33.1 Å². The van der Waals surface area contributed by atoms with E-state index in [2.05, 4.69) is 5.32 Å². The molecule has 0 atom stereocenters. The Morgan fingerprint density at radius 2 is 2.25 bits per heavy atom. The fourth-order valence-corrected chi connectivity index (χ4v) is 1.29. The van der Waals surface area contributed by atoms with Crippen LogP contribution in [0.4, 0.5) is 15.8 Å². The summed E-state index contributed by atoms with van der Waals surface area (Å²) in [6, 6.07) is 1.93. The van der Waals surface area contributed by atoms with Gasteiger partial charge in [-0.15, -0.1) is 0 Å². The maximum atomic E-state index is 13.1. The lowest BCUT2D eigenvalue weighted by molar-refractivity contribution is -0.384. The van der Waals surface area contributed by atoms with Crippen LogP contribution in [0.5, 0.6) is 0 Å². The van der Waals surface area contributed by atoms with Crippen LogP contribution in [0.1, 0.15) is 6.42 Å². The molecule has 0 bridgehead atoms. The lowest BCUT2D eigenvalue weighted by atomic mass is 10.2. The number of aliphatic hydroxyl groups excluding tert-OH is 1. The fraction of sp³-hybridized carbons (Fsp3) is 0.333. The molecule has 0 spiro atoms. The number of halogens is 2. The number of hydrogen-bond donors (Lipinski definition) is 2. The Labute approximate surface area is 96.0 Å². The Morgan fingerprint density at radius 1 is 1.56 bits per heavy atom. The van der Waals surface area contributed by atoms with Crippen molar-refractivity contribution in [1.82, 2.24) is 0 Å². The Bertz CT molecular complexity index is 401. The van der Waals surface area contributed by atoms with Crippen LogP contribution < -0.4 is 5.32 Å². The predicted octanol–water partition coefficient (Wildman–Crippen LogP) is 2.18. The summed E-state index contributed by atoms with van der Waals surface area (Å²) in [6.07, 6.45) is 0.418. The summed E-state index contributed by atoms with van der Waals surface area (Å²) in [6.45, 7) is 0.273. The number of benzene rings is 1. The van der Waals surface area contributed by atoms with E-state index in [1.807, 2.05) is 0 Å². The van der Waals surface area contributed by atoms with Gasteiger partial charge in [0.05, 0.1) is 9.95 Å². The molecule has 1 aromatic carbocycles. The third-order valence-electron chi connectivity index (χ3n) is 1.89. The van der Waals surface area contributed by atoms with Crippen molar-refractivity contribution in [3.8, 4) is 0 Å². The van der Waals surface area contributed by atoms with E-state index in [0.29, 0.717) is 13.0 Å². The van der Waals surface area contributed by atoms with Gasteiger partial charge in [0.15, 0.2) is 0 Å². The van der Waals surface area contributed by atoms with Gasteiger partial charge in [0.2, 0.25) is 0 Å². The van der Waals surface area contributed by atoms with Gasteiger partial charge in [-0.25, -0.2) is 4.39 Å². The third-order valence-corrected chi connectivity index (χ3v) is 2.18. The second kappa shape index (κ2) is 5.62. The van der Waals surface area contributed by atoms with Gasteiger partial charge in [-0.3, -0.25) is 10.1 Å². The summed E-state index contributed by atoms with van der Waals surface area (Å²) in [4.78, 5) is 10.0. The number of nitro groups is 1. The van der Waals surface area contributed by atoms with E-state index in [1.165, 1.54) is 0 Å². The summed E-state index contributed by atoms with van der Waals surface area (Å²) in [5.74, 6) is -0.723. The molecule has 0 unspecified atom stereocenters. The highest BCUT2D eigenvalue weighted by Gasteiger charge is 2.17. The lowest BCUT2D eigenvalue weighted by Crippen LogP contribution is -2.06. The number of nitro benzene ring substituents is 1. The Balaban J connectivity index is 2.95. The molecule has 2 N–H and O–H groups in total. The highest BCUT2D eigenvalue weighted by molar-refractivity contribution is 6.31. The molecule has 0 amide bonds. The Morgan fingerprint density at radius 3 is 2.81 bits per heavy atom. The summed E-state index contributed by atoms with van der Waals surface area (Å²) >= 11 is 5.44. The van der Waals surface area contributed by atoms with E-state index in [1.54, 1.807) is 0 Å². The molecular weight excluding hydrogens is 239 g/mol. The molecule has 0 heterocycles. The number of aliphatic hydroxyl groups is 1. The zero-order chi connectivity index (χ0) is 12.1. The smallest absolute Gasteiger partial charge is 0.294 e. The molecule has 0 aliphatic rings. The van der Waals surface area contributed by atoms with Crippen LogP contribution in [0.25, 0.3) is 0 Å². The number of hydrogen-bond acceptors (Lipinski definition) is 4. The van der Waals surface area contributed by atoms with Crippen molar-refractivity contribution < 1.29 is 14.4 Å². The van der Waals surface area contributed by atoms with Crippen LogP contribution in [0.15, 0.2) is 12.1 Å². The van der Waals surface area contributed by atoms with E-state index < -0.39 is 10.7 Å². The van der Waals surface area contributed by atoms with Crippen molar-refractivity contribution in [2.75, 3.05) is 18.5 Å². The largest absolute Gasteiger partial charge is 0.396 e. The first-order chi connectivity index (χ1) is 7.56. The number of nitrogens with zero attached hydrogens (tertiary/aromatic N) is 1. The predicted molar refractivity (Wildman–Crippen MR) is 58.3 cm³/mol. The van der Waals surface area contributed by atoms with Gasteiger partial charge in [0, 0.05) is 25.3 Å². The SMILES string of the molecule is O=[N+]([O-])c1cc(Cl)c(F)cc1NCCCO. The van der Waals surface area contributed by atoms with E-state index >= 15 is 0 Å². The maximum absolute atomic E-state index is 13.1. The minimum absolute atomic E-state index is 0.0448. The molecule has 0 saturated heterocycles. The molecule has 5 nitrogen and oxygen atoms in total. The number of anilines is 1. The van der Waals surface area contributed by atoms with Gasteiger partial charge in [0.25, 0.3) is 5.69 Å². The van der Waals surface area contributed by atoms with Crippen molar-refractivity contribution >= 4 is 23.0 Å². The summed E-state index contributed by atoms with van der Waals surface area (Å²) in [5.41, 5.74) is -0.232. The first-order valence-electron chi connectivity index (χ1n) is 4.54. The van der Waals surface area contributed by atoms with E-state index in [4.69, 9.17) is 16.7 Å². The van der Waals surface area contributed by atoms with Gasteiger partial charge < -0.3 is 10.4 Å². The highest BCUT2D eigenvalue weighted by Crippen LogP contribution is 2.30. The van der Waals surface area contributed by atoms with Crippen molar-refractivity contribution in [2.45, 2.75) is 6.42 Å². The van der Waals surface area contributed by atoms with Gasteiger partial charge in [-0.2, -0.15) is 0 Å². The first kappa shape index (κ1) is 12.7. The molecule has 0 saturated carbocycles. The van der Waals surface area contributed by atoms with Crippen molar-refractivity contribution in [1.29, 1.82) is 0 Å². The average molecular weight is 249 g/mol. The summed E-state index contributed by atoms with van der Waals surface area (Å²) < 4.78 is 13.1. The standard InChI is InChI=1S/C9H10ClFN2O3/c10-6-4-9(13(15)16)8(5-7(6)11)12-2-1-3-14/h4-5,12,14H,1-3H2. The van der Waals surface area contributed by atoms with E-state index in [-0.39, 0.29) is 23.0 Å². The van der Waals surface area contributed by atoms with Crippen molar-refractivity contribution in [2.24, 2.45) is 0 Å². The minimum Gasteiger partial charge on any atom is -0.396 e. The number of nitrogens with one attached hydrogen (secondary N) is 1. The normalized spacial score (nSPS) is 10.2. The third kappa shape index (κ3) is 3.04. The first-order valence-corrected chi connectivity index (χ1v) is 4.92. The lowest BCUT2D eigenvalue weighted by Gasteiger charge is -2.06. The van der Waals surface area contributed by atoms with Crippen LogP contribution in [0.2, 0.25) is 5.02 Å².